The Labute approximate surface area is 260 Å². The van der Waals surface area contributed by atoms with Gasteiger partial charge in [-0.3, -0.25) is 9.52 Å². The highest BCUT2D eigenvalue weighted by Gasteiger charge is 2.28. The Hall–Kier alpha value is -3.86. The second-order valence-electron chi connectivity index (χ2n) is 13.0. The zero-order chi connectivity index (χ0) is 32.9. The fourth-order valence-corrected chi connectivity index (χ4v) is 5.15. The number of piperidine rings is 1. The van der Waals surface area contributed by atoms with E-state index in [0.717, 1.165) is 23.4 Å². The molecule has 1 heterocycles. The zero-order valence-electron chi connectivity index (χ0n) is 26.6. The van der Waals surface area contributed by atoms with Crippen molar-refractivity contribution < 1.29 is 31.9 Å². The van der Waals surface area contributed by atoms with Crippen molar-refractivity contribution in [1.82, 2.24) is 10.2 Å². The Kier molecular flexibility index (Phi) is 10.9. The third-order valence-electron chi connectivity index (χ3n) is 6.84. The molecule has 0 bridgehead atoms. The molecule has 0 unspecified atom stereocenters. The van der Waals surface area contributed by atoms with Crippen LogP contribution in [0.2, 0.25) is 0 Å². The number of halogens is 1. The van der Waals surface area contributed by atoms with Gasteiger partial charge in [-0.05, 0) is 61.6 Å². The van der Waals surface area contributed by atoms with Gasteiger partial charge >= 0.3 is 6.09 Å². The Morgan fingerprint density at radius 2 is 1.73 bits per heavy atom. The van der Waals surface area contributed by atoms with Crippen LogP contribution in [0.4, 0.5) is 14.9 Å². The predicted molar refractivity (Wildman–Crippen MR) is 172 cm³/mol. The fraction of sp³-hybridized carbons (Fsp3) is 0.455. The number of nitrogens with one attached hydrogen (secondary N) is 2. The first-order valence-corrected chi connectivity index (χ1v) is 16.4. The van der Waals surface area contributed by atoms with E-state index in [1.54, 1.807) is 17.0 Å². The molecule has 2 N–H and O–H groups in total. The second-order valence-corrected chi connectivity index (χ2v) is 14.7. The van der Waals surface area contributed by atoms with Crippen LogP contribution in [0.3, 0.4) is 0 Å². The third kappa shape index (κ3) is 10.4. The van der Waals surface area contributed by atoms with Gasteiger partial charge in [-0.1, -0.05) is 45.6 Å². The molecular formula is C33H44FN3O6S. The van der Waals surface area contributed by atoms with Crippen LogP contribution in [0.5, 0.6) is 5.75 Å². The molecule has 1 aliphatic heterocycles. The molecule has 2 amide bonds. The molecule has 1 saturated heterocycles. The van der Waals surface area contributed by atoms with Gasteiger partial charge < -0.3 is 19.7 Å². The van der Waals surface area contributed by atoms with Gasteiger partial charge in [0.2, 0.25) is 15.9 Å². The minimum atomic E-state index is -3.69. The maximum atomic E-state index is 14.7. The molecule has 0 spiro atoms. The van der Waals surface area contributed by atoms with Crippen molar-refractivity contribution in [2.75, 3.05) is 24.1 Å². The highest BCUT2D eigenvalue weighted by Crippen LogP contribution is 2.31. The summed E-state index contributed by atoms with van der Waals surface area (Å²) in [4.78, 5) is 26.9. The lowest BCUT2D eigenvalue weighted by Gasteiger charge is -2.34. The minimum Gasteiger partial charge on any atom is -0.490 e. The molecule has 2 aromatic rings. The van der Waals surface area contributed by atoms with Crippen molar-refractivity contribution in [2.45, 2.75) is 78.0 Å². The molecule has 1 fully saturated rings. The van der Waals surface area contributed by atoms with Crippen molar-refractivity contribution in [2.24, 2.45) is 0 Å². The van der Waals surface area contributed by atoms with E-state index >= 15 is 0 Å². The summed E-state index contributed by atoms with van der Waals surface area (Å²) in [6.07, 6.45) is 6.17. The summed E-state index contributed by atoms with van der Waals surface area (Å²) >= 11 is 0. The van der Waals surface area contributed by atoms with E-state index in [1.807, 2.05) is 39.0 Å². The van der Waals surface area contributed by atoms with Crippen molar-refractivity contribution in [3.8, 4) is 5.75 Å². The van der Waals surface area contributed by atoms with Crippen molar-refractivity contribution in [3.05, 3.63) is 71.1 Å². The quantitative estimate of drug-likeness (QED) is 0.317. The molecule has 44 heavy (non-hydrogen) atoms. The average Bonchev–Trinajstić information content (AvgIpc) is 2.90. The molecular weight excluding hydrogens is 585 g/mol. The lowest BCUT2D eigenvalue weighted by atomic mass is 9.86. The van der Waals surface area contributed by atoms with Crippen LogP contribution >= 0.6 is 0 Å². The topological polar surface area (TPSA) is 114 Å². The first-order valence-electron chi connectivity index (χ1n) is 14.5. The summed E-state index contributed by atoms with van der Waals surface area (Å²) in [6.45, 7) is 16.5. The molecule has 0 aromatic heterocycles. The molecule has 9 nitrogen and oxygen atoms in total. The summed E-state index contributed by atoms with van der Waals surface area (Å²) < 4.78 is 51.9. The van der Waals surface area contributed by atoms with E-state index in [1.165, 1.54) is 12.2 Å². The summed E-state index contributed by atoms with van der Waals surface area (Å²) in [6, 6.07) is 8.62. The van der Waals surface area contributed by atoms with Gasteiger partial charge in [-0.25, -0.2) is 17.6 Å². The van der Waals surface area contributed by atoms with Gasteiger partial charge in [-0.15, -0.1) is 0 Å². The number of carbonyl (C=O) groups is 2. The predicted octanol–water partition coefficient (Wildman–Crippen LogP) is 6.25. The number of carbonyl (C=O) groups excluding carboxylic acids is 2. The van der Waals surface area contributed by atoms with Crippen molar-refractivity contribution >= 4 is 39.9 Å². The van der Waals surface area contributed by atoms with Crippen LogP contribution in [-0.2, 0) is 31.5 Å². The SMILES string of the molecule is C=Cc1cc(CNC(=O)/C=C/c2ccc(C(C)(C)C)cc2OC2CCN(C(=O)OC(C)(C)C)CC2)cc(F)c1NS(C)(=O)=O. The zero-order valence-corrected chi connectivity index (χ0v) is 27.4. The van der Waals surface area contributed by atoms with Crippen molar-refractivity contribution in [1.29, 1.82) is 0 Å². The Morgan fingerprint density at radius 1 is 1.07 bits per heavy atom. The molecule has 2 aromatic carbocycles. The van der Waals surface area contributed by atoms with Gasteiger partial charge in [-0.2, -0.15) is 0 Å². The summed E-state index contributed by atoms with van der Waals surface area (Å²) in [5, 5.41) is 2.73. The number of anilines is 1. The lowest BCUT2D eigenvalue weighted by molar-refractivity contribution is -0.116. The van der Waals surface area contributed by atoms with Crippen LogP contribution in [0.1, 0.15) is 76.6 Å². The monoisotopic (exact) mass is 629 g/mol. The number of nitrogens with zero attached hydrogens (tertiary/aromatic N) is 1. The van der Waals surface area contributed by atoms with Crippen LogP contribution in [0.15, 0.2) is 43.0 Å². The molecule has 0 radical (unpaired) electrons. The number of ether oxygens (including phenoxy) is 2. The maximum Gasteiger partial charge on any atom is 0.410 e. The standard InChI is InChI=1S/C33H44FN3O6S/c1-9-23-18-22(19-27(34)30(23)36-44(8,40)41)21-35-29(38)13-11-24-10-12-25(32(2,3)4)20-28(24)42-26-14-16-37(17-15-26)31(39)43-33(5,6)7/h9-13,18-20,26,36H,1,14-17,21H2,2-8H3,(H,35,38)/b13-11+. The van der Waals surface area contributed by atoms with Crippen LogP contribution in [0, 0.1) is 5.82 Å². The molecule has 240 valence electrons. The molecule has 11 heteroatoms. The molecule has 0 saturated carbocycles. The average molecular weight is 630 g/mol. The van der Waals surface area contributed by atoms with Crippen LogP contribution in [-0.4, -0.2) is 56.4 Å². The summed E-state index contributed by atoms with van der Waals surface area (Å²) in [5.41, 5.74) is 1.62. The minimum absolute atomic E-state index is 0.0165. The Balaban J connectivity index is 1.70. The smallest absolute Gasteiger partial charge is 0.410 e. The van der Waals surface area contributed by atoms with E-state index in [-0.39, 0.29) is 35.4 Å². The van der Waals surface area contributed by atoms with Gasteiger partial charge in [0.25, 0.3) is 0 Å². The first kappa shape index (κ1) is 34.6. The molecule has 1 aliphatic rings. The molecule has 0 atom stereocenters. The third-order valence-corrected chi connectivity index (χ3v) is 7.41. The number of hydrogen-bond donors (Lipinski definition) is 2. The van der Waals surface area contributed by atoms with Gasteiger partial charge in [0.05, 0.1) is 11.9 Å². The second kappa shape index (κ2) is 13.8. The van der Waals surface area contributed by atoms with Gasteiger partial charge in [0, 0.05) is 49.7 Å². The summed E-state index contributed by atoms with van der Waals surface area (Å²) in [5.74, 6) is -0.533. The Bertz CT molecular complexity index is 1520. The number of hydrogen-bond acceptors (Lipinski definition) is 6. The van der Waals surface area contributed by atoms with Crippen molar-refractivity contribution in [3.63, 3.8) is 0 Å². The van der Waals surface area contributed by atoms with E-state index in [2.05, 4.69) is 37.4 Å². The number of likely N-dealkylation sites (tertiary alicyclic amines) is 1. The van der Waals surface area contributed by atoms with Crippen LogP contribution < -0.4 is 14.8 Å². The fourth-order valence-electron chi connectivity index (χ4n) is 4.56. The van der Waals surface area contributed by atoms with Gasteiger partial charge in [0.1, 0.15) is 23.3 Å². The number of sulfonamides is 1. The van der Waals surface area contributed by atoms with Crippen LogP contribution in [0.25, 0.3) is 12.2 Å². The van der Waals surface area contributed by atoms with E-state index in [4.69, 9.17) is 9.47 Å². The molecule has 0 aliphatic carbocycles. The number of rotatable bonds is 9. The van der Waals surface area contributed by atoms with E-state index < -0.39 is 27.3 Å². The van der Waals surface area contributed by atoms with Gasteiger partial charge in [0.15, 0.2) is 0 Å². The number of benzene rings is 2. The highest BCUT2D eigenvalue weighted by molar-refractivity contribution is 7.92. The lowest BCUT2D eigenvalue weighted by Crippen LogP contribution is -2.44. The largest absolute Gasteiger partial charge is 0.490 e. The van der Waals surface area contributed by atoms with E-state index in [0.29, 0.717) is 37.2 Å². The Morgan fingerprint density at radius 3 is 2.30 bits per heavy atom. The molecule has 3 rings (SSSR count). The van der Waals surface area contributed by atoms with E-state index in [9.17, 15) is 22.4 Å². The highest BCUT2D eigenvalue weighted by atomic mass is 32.2. The maximum absolute atomic E-state index is 14.7. The normalized spacial score (nSPS) is 14.8. The summed E-state index contributed by atoms with van der Waals surface area (Å²) in [7, 11) is -3.69. The first-order chi connectivity index (χ1) is 20.3. The number of amides is 2.